The Morgan fingerprint density at radius 2 is 2.05 bits per heavy atom. The van der Waals surface area contributed by atoms with Crippen LogP contribution < -0.4 is 5.32 Å². The Morgan fingerprint density at radius 3 is 2.63 bits per heavy atom. The smallest absolute Gasteiger partial charge is 0.301 e. The second-order valence-corrected chi connectivity index (χ2v) is 3.49. The van der Waals surface area contributed by atoms with Crippen LogP contribution in [0.1, 0.15) is 0 Å². The number of hydrogen-bond acceptors (Lipinski definition) is 4. The van der Waals surface area contributed by atoms with Crippen molar-refractivity contribution in [2.24, 2.45) is 0 Å². The zero-order valence-corrected chi connectivity index (χ0v) is 9.01. The molecule has 7 nitrogen and oxygen atoms in total. The third-order valence-corrected chi connectivity index (χ3v) is 2.15. The molecule has 2 aromatic heterocycles. The van der Waals surface area contributed by atoms with Gasteiger partial charge in [-0.2, -0.15) is 13.2 Å². The van der Waals surface area contributed by atoms with E-state index in [2.05, 4.69) is 4.98 Å². The molecule has 0 atom stereocenters. The van der Waals surface area contributed by atoms with Gasteiger partial charge in [0.25, 0.3) is 5.69 Å². The summed E-state index contributed by atoms with van der Waals surface area (Å²) in [6.45, 7) is 0. The van der Waals surface area contributed by atoms with Gasteiger partial charge in [0, 0.05) is 6.07 Å². The highest BCUT2D eigenvalue weighted by Gasteiger charge is 2.39. The molecule has 10 heteroatoms. The van der Waals surface area contributed by atoms with E-state index in [4.69, 9.17) is 0 Å². The fourth-order valence-corrected chi connectivity index (χ4v) is 1.34. The van der Waals surface area contributed by atoms with Crippen molar-refractivity contribution < 1.29 is 22.9 Å². The molecule has 2 rings (SSSR count). The van der Waals surface area contributed by atoms with Crippen molar-refractivity contribution in [3.8, 4) is 0 Å². The Morgan fingerprint density at radius 1 is 1.37 bits per heavy atom. The number of nitrogens with one attached hydrogen (secondary N) is 1. The van der Waals surface area contributed by atoms with Gasteiger partial charge < -0.3 is 5.32 Å². The van der Waals surface area contributed by atoms with Gasteiger partial charge in [0.2, 0.25) is 0 Å². The van der Waals surface area contributed by atoms with Gasteiger partial charge in [0.05, 0.1) is 17.3 Å². The molecule has 0 bridgehead atoms. The number of rotatable bonds is 2. The lowest BCUT2D eigenvalue weighted by atomic mass is 10.4. The van der Waals surface area contributed by atoms with E-state index in [-0.39, 0.29) is 17.2 Å². The van der Waals surface area contributed by atoms with Crippen molar-refractivity contribution in [3.05, 3.63) is 34.6 Å². The molecule has 1 N–H and O–H groups in total. The monoisotopic (exact) mass is 274 g/mol. The predicted molar refractivity (Wildman–Crippen MR) is 56.5 cm³/mol. The molecule has 0 radical (unpaired) electrons. The average molecular weight is 274 g/mol. The quantitative estimate of drug-likeness (QED) is 0.667. The maximum atomic E-state index is 12.0. The van der Waals surface area contributed by atoms with E-state index < -0.39 is 17.0 Å². The number of halogens is 3. The van der Waals surface area contributed by atoms with Crippen LogP contribution in [-0.2, 0) is 4.79 Å². The van der Waals surface area contributed by atoms with Gasteiger partial charge in [-0.05, 0) is 6.07 Å². The highest BCUT2D eigenvalue weighted by Crippen LogP contribution is 2.19. The van der Waals surface area contributed by atoms with E-state index >= 15 is 0 Å². The van der Waals surface area contributed by atoms with Crippen LogP contribution in [0.3, 0.4) is 0 Å². The van der Waals surface area contributed by atoms with Crippen LogP contribution in [0.5, 0.6) is 0 Å². The van der Waals surface area contributed by atoms with Crippen molar-refractivity contribution in [2.75, 3.05) is 5.32 Å². The van der Waals surface area contributed by atoms with E-state index in [0.717, 1.165) is 22.9 Å². The first kappa shape index (κ1) is 12.8. The molecule has 0 unspecified atom stereocenters. The van der Waals surface area contributed by atoms with Gasteiger partial charge in [-0.1, -0.05) is 0 Å². The highest BCUT2D eigenvalue weighted by molar-refractivity contribution is 5.94. The summed E-state index contributed by atoms with van der Waals surface area (Å²) in [4.78, 5) is 24.2. The summed E-state index contributed by atoms with van der Waals surface area (Å²) in [5.74, 6) is -2.51. The van der Waals surface area contributed by atoms with Crippen molar-refractivity contribution in [1.82, 2.24) is 9.38 Å². The predicted octanol–water partition coefficient (Wildman–Crippen LogP) is 1.74. The molecule has 19 heavy (non-hydrogen) atoms. The molecule has 2 heterocycles. The topological polar surface area (TPSA) is 89.5 Å². The van der Waals surface area contributed by atoms with Crippen molar-refractivity contribution in [1.29, 1.82) is 0 Å². The minimum Gasteiger partial charge on any atom is -0.301 e. The van der Waals surface area contributed by atoms with Crippen LogP contribution in [0.25, 0.3) is 5.65 Å². The molecular weight excluding hydrogens is 269 g/mol. The van der Waals surface area contributed by atoms with Crippen molar-refractivity contribution >= 4 is 23.1 Å². The summed E-state index contributed by atoms with van der Waals surface area (Å²) < 4.78 is 37.2. The Balaban J connectivity index is 2.32. The number of nitro groups is 1. The zero-order chi connectivity index (χ0) is 14.2. The second-order valence-electron chi connectivity index (χ2n) is 3.49. The number of carbonyl (C=O) groups excluding carboxylic acids is 1. The van der Waals surface area contributed by atoms with Crippen molar-refractivity contribution in [2.45, 2.75) is 6.18 Å². The second kappa shape index (κ2) is 4.23. The number of anilines is 1. The lowest BCUT2D eigenvalue weighted by Crippen LogP contribution is -2.30. The van der Waals surface area contributed by atoms with Gasteiger partial charge in [-0.25, -0.2) is 4.98 Å². The molecule has 0 aromatic carbocycles. The average Bonchev–Trinajstić information content (AvgIpc) is 2.68. The minimum absolute atomic E-state index is 0.170. The van der Waals surface area contributed by atoms with Gasteiger partial charge in [0.1, 0.15) is 5.65 Å². The number of fused-ring (bicyclic) bond motifs is 1. The first-order valence-electron chi connectivity index (χ1n) is 4.79. The number of aromatic nitrogens is 2. The Kier molecular flexibility index (Phi) is 2.85. The zero-order valence-electron chi connectivity index (χ0n) is 9.01. The lowest BCUT2D eigenvalue weighted by molar-refractivity contribution is -0.385. The van der Waals surface area contributed by atoms with E-state index in [0.29, 0.717) is 0 Å². The lowest BCUT2D eigenvalue weighted by Gasteiger charge is -2.04. The number of carbonyl (C=O) groups is 1. The largest absolute Gasteiger partial charge is 0.471 e. The number of hydrogen-bond donors (Lipinski definition) is 1. The molecule has 0 aliphatic heterocycles. The minimum atomic E-state index is -5.03. The number of imidazole rings is 1. The molecule has 0 saturated heterocycles. The van der Waals surface area contributed by atoms with Crippen LogP contribution >= 0.6 is 0 Å². The summed E-state index contributed by atoms with van der Waals surface area (Å²) >= 11 is 0. The third-order valence-electron chi connectivity index (χ3n) is 2.15. The molecule has 0 aliphatic carbocycles. The molecule has 0 aliphatic rings. The fraction of sp³-hybridized carbons (Fsp3) is 0.111. The Hall–Kier alpha value is -2.65. The maximum absolute atomic E-state index is 12.0. The first-order chi connectivity index (χ1) is 8.77. The SMILES string of the molecule is O=C(Nc1cn2cc([N+](=O)[O-])ccc2n1)C(F)(F)F. The van der Waals surface area contributed by atoms with E-state index in [1.54, 1.807) is 5.32 Å². The standard InChI is InChI=1S/C9H5F3N4O3/c10-9(11,12)8(17)14-6-4-15-3-5(16(18)19)1-2-7(15)13-6/h1-4H,(H,14,17). The number of alkyl halides is 3. The molecule has 2 aromatic rings. The van der Waals surface area contributed by atoms with Gasteiger partial charge in [-0.15, -0.1) is 0 Å². The van der Waals surface area contributed by atoms with E-state index in [9.17, 15) is 28.1 Å². The number of amides is 1. The molecule has 1 amide bonds. The molecule has 0 spiro atoms. The number of nitrogens with zero attached hydrogens (tertiary/aromatic N) is 3. The van der Waals surface area contributed by atoms with Crippen LogP contribution in [0, 0.1) is 10.1 Å². The third kappa shape index (κ3) is 2.61. The molecule has 0 saturated carbocycles. The number of pyridine rings is 1. The summed E-state index contributed by atoms with van der Waals surface area (Å²) in [5.41, 5.74) is -0.0818. The molecular formula is C9H5F3N4O3. The van der Waals surface area contributed by atoms with Crippen molar-refractivity contribution in [3.63, 3.8) is 0 Å². The van der Waals surface area contributed by atoms with Gasteiger partial charge >= 0.3 is 12.1 Å². The summed E-state index contributed by atoms with van der Waals surface area (Å²) in [6, 6.07) is 2.40. The summed E-state index contributed by atoms with van der Waals surface area (Å²) in [6.07, 6.45) is -2.90. The molecule has 100 valence electrons. The first-order valence-corrected chi connectivity index (χ1v) is 4.79. The van der Waals surface area contributed by atoms with Gasteiger partial charge in [-0.3, -0.25) is 19.3 Å². The fourth-order valence-electron chi connectivity index (χ4n) is 1.34. The van der Waals surface area contributed by atoms with Crippen LogP contribution in [0.2, 0.25) is 0 Å². The Labute approximate surface area is 102 Å². The summed E-state index contributed by atoms with van der Waals surface area (Å²) in [7, 11) is 0. The van der Waals surface area contributed by atoms with Crippen LogP contribution in [0.4, 0.5) is 24.7 Å². The van der Waals surface area contributed by atoms with E-state index in [1.165, 1.54) is 6.07 Å². The maximum Gasteiger partial charge on any atom is 0.471 e. The van der Waals surface area contributed by atoms with Crippen LogP contribution in [-0.4, -0.2) is 26.4 Å². The normalized spacial score (nSPS) is 11.5. The Bertz CT molecular complexity index is 664. The van der Waals surface area contributed by atoms with Gasteiger partial charge in [0.15, 0.2) is 5.82 Å². The van der Waals surface area contributed by atoms with E-state index in [1.807, 2.05) is 0 Å². The highest BCUT2D eigenvalue weighted by atomic mass is 19.4. The van der Waals surface area contributed by atoms with Crippen LogP contribution in [0.15, 0.2) is 24.5 Å². The summed E-state index contributed by atoms with van der Waals surface area (Å²) in [5, 5.41) is 12.1. The molecule has 0 fully saturated rings.